The first-order valence-corrected chi connectivity index (χ1v) is 9.12. The number of aromatic nitrogens is 2. The van der Waals surface area contributed by atoms with Crippen LogP contribution in [0.4, 0.5) is 4.39 Å². The molecule has 1 aliphatic carbocycles. The van der Waals surface area contributed by atoms with Gasteiger partial charge < -0.3 is 4.74 Å². The molecule has 1 aliphatic rings. The number of halogens is 2. The van der Waals surface area contributed by atoms with E-state index in [1.54, 1.807) is 17.4 Å². The maximum absolute atomic E-state index is 13.4. The Balaban J connectivity index is 1.83. The minimum Gasteiger partial charge on any atom is -0.438 e. The number of nitrogens with zero attached hydrogens (tertiary/aromatic N) is 2. The molecule has 0 saturated carbocycles. The van der Waals surface area contributed by atoms with Crippen molar-refractivity contribution in [1.29, 1.82) is 0 Å². The molecule has 1 aromatic carbocycles. The fourth-order valence-electron chi connectivity index (χ4n) is 3.14. The third-order valence-corrected chi connectivity index (χ3v) is 5.78. The standard InChI is InChI=1S/C18H16ClFN2OS/c1-9-3-5-12-15(7-9)24-18-16(12)17(21-10(2)22-18)23-11-4-6-14(20)13(19)8-11/h4,6,8-9H,3,5,7H2,1-2H3/t9-/m0/s1. The number of aryl methyl sites for hydroxylation is 2. The van der Waals surface area contributed by atoms with Crippen molar-refractivity contribution in [3.05, 3.63) is 45.3 Å². The van der Waals surface area contributed by atoms with E-state index in [9.17, 15) is 4.39 Å². The zero-order chi connectivity index (χ0) is 16.8. The van der Waals surface area contributed by atoms with Crippen LogP contribution in [0.15, 0.2) is 18.2 Å². The summed E-state index contributed by atoms with van der Waals surface area (Å²) < 4.78 is 19.3. The van der Waals surface area contributed by atoms with Gasteiger partial charge in [-0.25, -0.2) is 9.37 Å². The molecule has 24 heavy (non-hydrogen) atoms. The first-order valence-electron chi connectivity index (χ1n) is 7.93. The Kier molecular flexibility index (Phi) is 3.93. The molecule has 3 aromatic rings. The van der Waals surface area contributed by atoms with Crippen LogP contribution in [-0.4, -0.2) is 9.97 Å². The Hall–Kier alpha value is -1.72. The van der Waals surface area contributed by atoms with E-state index in [0.717, 1.165) is 29.5 Å². The third-order valence-electron chi connectivity index (χ3n) is 4.34. The summed E-state index contributed by atoms with van der Waals surface area (Å²) in [5, 5.41) is 1.03. The predicted molar refractivity (Wildman–Crippen MR) is 94.8 cm³/mol. The molecule has 2 aromatic heterocycles. The minimum absolute atomic E-state index is 0.0377. The lowest BCUT2D eigenvalue weighted by molar-refractivity contribution is 0.463. The molecule has 1 atom stereocenters. The highest BCUT2D eigenvalue weighted by atomic mass is 35.5. The normalized spacial score (nSPS) is 17.1. The third kappa shape index (κ3) is 2.76. The lowest BCUT2D eigenvalue weighted by Gasteiger charge is -2.18. The van der Waals surface area contributed by atoms with Gasteiger partial charge in [-0.2, -0.15) is 4.98 Å². The summed E-state index contributed by atoms with van der Waals surface area (Å²) in [4.78, 5) is 11.4. The molecule has 0 fully saturated rings. The van der Waals surface area contributed by atoms with Gasteiger partial charge in [0.15, 0.2) is 0 Å². The second-order valence-electron chi connectivity index (χ2n) is 6.29. The molecule has 6 heteroatoms. The van der Waals surface area contributed by atoms with E-state index in [4.69, 9.17) is 16.3 Å². The van der Waals surface area contributed by atoms with Crippen LogP contribution in [-0.2, 0) is 12.8 Å². The first kappa shape index (κ1) is 15.8. The smallest absolute Gasteiger partial charge is 0.231 e. The molecule has 0 bridgehead atoms. The Morgan fingerprint density at radius 1 is 1.33 bits per heavy atom. The lowest BCUT2D eigenvalue weighted by atomic mass is 9.89. The van der Waals surface area contributed by atoms with Crippen molar-refractivity contribution < 1.29 is 9.13 Å². The molecule has 0 amide bonds. The van der Waals surface area contributed by atoms with Crippen molar-refractivity contribution >= 4 is 33.2 Å². The summed E-state index contributed by atoms with van der Waals surface area (Å²) in [7, 11) is 0. The number of ether oxygens (including phenoxy) is 1. The molecule has 0 unspecified atom stereocenters. The fraction of sp³-hybridized carbons (Fsp3) is 0.333. The van der Waals surface area contributed by atoms with Gasteiger partial charge in [0.1, 0.15) is 22.2 Å². The van der Waals surface area contributed by atoms with Crippen LogP contribution in [0, 0.1) is 18.7 Å². The Morgan fingerprint density at radius 3 is 2.96 bits per heavy atom. The van der Waals surface area contributed by atoms with Crippen molar-refractivity contribution in [2.75, 3.05) is 0 Å². The maximum Gasteiger partial charge on any atom is 0.231 e. The molecule has 124 valence electrons. The molecule has 0 spiro atoms. The quantitative estimate of drug-likeness (QED) is 0.585. The zero-order valence-corrected chi connectivity index (χ0v) is 15.0. The van der Waals surface area contributed by atoms with Crippen molar-refractivity contribution in [1.82, 2.24) is 9.97 Å². The van der Waals surface area contributed by atoms with Gasteiger partial charge in [-0.3, -0.25) is 0 Å². The van der Waals surface area contributed by atoms with Gasteiger partial charge in [0.05, 0.1) is 10.4 Å². The van der Waals surface area contributed by atoms with E-state index in [2.05, 4.69) is 16.9 Å². The average Bonchev–Trinajstić information content (AvgIpc) is 2.87. The van der Waals surface area contributed by atoms with Gasteiger partial charge >= 0.3 is 0 Å². The number of hydrogen-bond donors (Lipinski definition) is 0. The van der Waals surface area contributed by atoms with Crippen molar-refractivity contribution in [3.8, 4) is 11.6 Å². The molecule has 4 rings (SSSR count). The Bertz CT molecular complexity index is 940. The van der Waals surface area contributed by atoms with Crippen LogP contribution < -0.4 is 4.74 Å². The van der Waals surface area contributed by atoms with Crippen molar-refractivity contribution in [2.45, 2.75) is 33.1 Å². The van der Waals surface area contributed by atoms with Crippen LogP contribution in [0.25, 0.3) is 10.2 Å². The molecular weight excluding hydrogens is 347 g/mol. The van der Waals surface area contributed by atoms with E-state index in [1.165, 1.54) is 22.6 Å². The topological polar surface area (TPSA) is 35.0 Å². The highest BCUT2D eigenvalue weighted by Gasteiger charge is 2.24. The van der Waals surface area contributed by atoms with Crippen molar-refractivity contribution in [2.24, 2.45) is 5.92 Å². The Labute approximate surface area is 148 Å². The summed E-state index contributed by atoms with van der Waals surface area (Å²) in [5.74, 6) is 1.91. The maximum atomic E-state index is 13.4. The van der Waals surface area contributed by atoms with E-state index in [-0.39, 0.29) is 5.02 Å². The second kappa shape index (κ2) is 5.97. The van der Waals surface area contributed by atoms with Gasteiger partial charge in [0.25, 0.3) is 0 Å². The van der Waals surface area contributed by atoms with E-state index in [0.29, 0.717) is 23.4 Å². The summed E-state index contributed by atoms with van der Waals surface area (Å²) in [6.07, 6.45) is 3.26. The lowest BCUT2D eigenvalue weighted by Crippen LogP contribution is -2.08. The highest BCUT2D eigenvalue weighted by molar-refractivity contribution is 7.18. The number of thiophene rings is 1. The predicted octanol–water partition coefficient (Wildman–Crippen LogP) is 5.71. The van der Waals surface area contributed by atoms with Gasteiger partial charge in [-0.15, -0.1) is 11.3 Å². The SMILES string of the molecule is Cc1nc(Oc2ccc(F)c(Cl)c2)c2c3c(sc2n1)C[C@@H](C)CC3. The second-order valence-corrected chi connectivity index (χ2v) is 7.78. The van der Waals surface area contributed by atoms with Crippen LogP contribution >= 0.6 is 22.9 Å². The summed E-state index contributed by atoms with van der Waals surface area (Å²) in [6.45, 7) is 4.13. The summed E-state index contributed by atoms with van der Waals surface area (Å²) in [6, 6.07) is 4.33. The Morgan fingerprint density at radius 2 is 2.17 bits per heavy atom. The number of rotatable bonds is 2. The largest absolute Gasteiger partial charge is 0.438 e. The van der Waals surface area contributed by atoms with Crippen LogP contribution in [0.2, 0.25) is 5.02 Å². The molecule has 2 heterocycles. The zero-order valence-electron chi connectivity index (χ0n) is 13.4. The number of fused-ring (bicyclic) bond motifs is 3. The molecule has 3 nitrogen and oxygen atoms in total. The van der Waals surface area contributed by atoms with E-state index in [1.807, 2.05) is 6.92 Å². The van der Waals surface area contributed by atoms with Gasteiger partial charge in [0.2, 0.25) is 5.88 Å². The van der Waals surface area contributed by atoms with E-state index >= 15 is 0 Å². The molecule has 0 radical (unpaired) electrons. The highest BCUT2D eigenvalue weighted by Crippen LogP contribution is 2.42. The summed E-state index contributed by atoms with van der Waals surface area (Å²) >= 11 is 7.58. The van der Waals surface area contributed by atoms with Crippen molar-refractivity contribution in [3.63, 3.8) is 0 Å². The van der Waals surface area contributed by atoms with Gasteiger partial charge in [-0.1, -0.05) is 18.5 Å². The average molecular weight is 363 g/mol. The first-order chi connectivity index (χ1) is 11.5. The monoisotopic (exact) mass is 362 g/mol. The van der Waals surface area contributed by atoms with Gasteiger partial charge in [0, 0.05) is 10.9 Å². The number of hydrogen-bond acceptors (Lipinski definition) is 4. The molecule has 0 N–H and O–H groups in total. The molecule has 0 aliphatic heterocycles. The fourth-order valence-corrected chi connectivity index (χ4v) is 4.73. The molecular formula is C18H16ClFN2OS. The molecule has 0 saturated heterocycles. The number of benzene rings is 1. The van der Waals surface area contributed by atoms with E-state index < -0.39 is 5.82 Å². The van der Waals surface area contributed by atoms with Gasteiger partial charge in [-0.05, 0) is 49.8 Å². The van der Waals surface area contributed by atoms with Crippen LogP contribution in [0.3, 0.4) is 0 Å². The summed E-state index contributed by atoms with van der Waals surface area (Å²) in [5.41, 5.74) is 1.30. The minimum atomic E-state index is -0.463. The van der Waals surface area contributed by atoms with Crippen LogP contribution in [0.5, 0.6) is 11.6 Å². The van der Waals surface area contributed by atoms with Crippen LogP contribution in [0.1, 0.15) is 29.6 Å².